The Morgan fingerprint density at radius 2 is 1.96 bits per heavy atom. The smallest absolute Gasteiger partial charge is 0.234 e. The largest absolute Gasteiger partial charge is 0.493 e. The van der Waals surface area contributed by atoms with Gasteiger partial charge in [-0.2, -0.15) is 0 Å². The number of rotatable bonds is 8. The van der Waals surface area contributed by atoms with E-state index in [-0.39, 0.29) is 17.8 Å². The summed E-state index contributed by atoms with van der Waals surface area (Å²) in [6, 6.07) is 13.7. The molecule has 2 aromatic carbocycles. The van der Waals surface area contributed by atoms with Gasteiger partial charge in [0.2, 0.25) is 5.91 Å². The predicted octanol–water partition coefficient (Wildman–Crippen LogP) is 2.41. The van der Waals surface area contributed by atoms with E-state index in [0.29, 0.717) is 19.6 Å². The Kier molecular flexibility index (Phi) is 6.11. The van der Waals surface area contributed by atoms with E-state index in [1.54, 1.807) is 13.0 Å². The maximum atomic E-state index is 13.1. The van der Waals surface area contributed by atoms with Crippen LogP contribution in [0.1, 0.15) is 18.1 Å². The Labute approximate surface area is 135 Å². The van der Waals surface area contributed by atoms with Crippen molar-refractivity contribution < 1.29 is 13.9 Å². The Hall–Kier alpha value is -2.40. The highest BCUT2D eigenvalue weighted by Crippen LogP contribution is 2.13. The fourth-order valence-electron chi connectivity index (χ4n) is 2.05. The third-order valence-corrected chi connectivity index (χ3v) is 3.51. The molecule has 0 saturated carbocycles. The number of nitrogens with two attached hydrogens (primary N) is 1. The number of benzene rings is 2. The van der Waals surface area contributed by atoms with Gasteiger partial charge in [-0.3, -0.25) is 4.79 Å². The molecule has 1 unspecified atom stereocenters. The Morgan fingerprint density at radius 1 is 1.22 bits per heavy atom. The van der Waals surface area contributed by atoms with E-state index >= 15 is 0 Å². The van der Waals surface area contributed by atoms with Gasteiger partial charge in [0.1, 0.15) is 11.6 Å². The molecule has 0 spiro atoms. The second-order valence-corrected chi connectivity index (χ2v) is 5.38. The van der Waals surface area contributed by atoms with Gasteiger partial charge >= 0.3 is 0 Å². The monoisotopic (exact) mass is 316 g/mol. The minimum absolute atomic E-state index is 0.232. The van der Waals surface area contributed by atoms with Crippen molar-refractivity contribution in [2.24, 2.45) is 5.73 Å². The van der Waals surface area contributed by atoms with E-state index in [1.165, 1.54) is 12.1 Å². The van der Waals surface area contributed by atoms with Gasteiger partial charge in [-0.1, -0.05) is 24.3 Å². The van der Waals surface area contributed by atoms with Gasteiger partial charge in [0.05, 0.1) is 12.6 Å². The average Bonchev–Trinajstić information content (AvgIpc) is 2.54. The Balaban J connectivity index is 1.77. The van der Waals surface area contributed by atoms with Crippen LogP contribution in [0, 0.1) is 5.82 Å². The third kappa shape index (κ3) is 5.71. The van der Waals surface area contributed by atoms with Crippen LogP contribution < -0.4 is 15.8 Å². The van der Waals surface area contributed by atoms with Gasteiger partial charge in [-0.05, 0) is 42.3 Å². The molecular formula is C18H21FN2O2. The first kappa shape index (κ1) is 17.0. The highest BCUT2D eigenvalue weighted by Gasteiger charge is 2.07. The molecule has 0 saturated heterocycles. The molecule has 0 bridgehead atoms. The molecule has 0 aromatic heterocycles. The first-order chi connectivity index (χ1) is 11.0. The summed E-state index contributed by atoms with van der Waals surface area (Å²) < 4.78 is 18.7. The lowest BCUT2D eigenvalue weighted by Crippen LogP contribution is -2.38. The normalized spacial score (nSPS) is 11.9. The molecule has 0 aliphatic carbocycles. The Morgan fingerprint density at radius 3 is 2.61 bits per heavy atom. The van der Waals surface area contributed by atoms with Gasteiger partial charge in [-0.25, -0.2) is 4.39 Å². The zero-order valence-electron chi connectivity index (χ0n) is 13.1. The molecule has 23 heavy (non-hydrogen) atoms. The third-order valence-electron chi connectivity index (χ3n) is 3.51. The van der Waals surface area contributed by atoms with Gasteiger partial charge in [-0.15, -0.1) is 0 Å². The molecule has 0 aliphatic rings. The van der Waals surface area contributed by atoms with E-state index < -0.39 is 0 Å². The molecular weight excluding hydrogens is 295 g/mol. The molecule has 5 heteroatoms. The van der Waals surface area contributed by atoms with Crippen LogP contribution in [0.5, 0.6) is 5.75 Å². The lowest BCUT2D eigenvalue weighted by molar-refractivity contribution is -0.119. The van der Waals surface area contributed by atoms with Crippen LogP contribution in [0.15, 0.2) is 48.5 Å². The van der Waals surface area contributed by atoms with Crippen molar-refractivity contribution in [3.8, 4) is 5.75 Å². The molecule has 122 valence electrons. The van der Waals surface area contributed by atoms with Crippen molar-refractivity contribution in [3.05, 3.63) is 65.5 Å². The van der Waals surface area contributed by atoms with Crippen molar-refractivity contribution >= 4 is 5.91 Å². The van der Waals surface area contributed by atoms with Gasteiger partial charge in [0, 0.05) is 13.0 Å². The van der Waals surface area contributed by atoms with E-state index in [4.69, 9.17) is 10.5 Å². The van der Waals surface area contributed by atoms with Crippen molar-refractivity contribution in [2.75, 3.05) is 6.61 Å². The summed E-state index contributed by atoms with van der Waals surface area (Å²) in [6.45, 7) is 2.78. The average molecular weight is 316 g/mol. The van der Waals surface area contributed by atoms with Crippen LogP contribution in [0.4, 0.5) is 4.39 Å². The number of primary amides is 1. The summed E-state index contributed by atoms with van der Waals surface area (Å²) >= 11 is 0. The molecule has 2 rings (SSSR count). The van der Waals surface area contributed by atoms with E-state index in [2.05, 4.69) is 5.32 Å². The maximum absolute atomic E-state index is 13.1. The first-order valence-electron chi connectivity index (χ1n) is 7.53. The van der Waals surface area contributed by atoms with Crippen LogP contribution in [0.2, 0.25) is 0 Å². The lowest BCUT2D eigenvalue weighted by Gasteiger charge is -2.11. The molecule has 0 fully saturated rings. The number of amides is 1. The number of hydrogen-bond donors (Lipinski definition) is 2. The van der Waals surface area contributed by atoms with Crippen molar-refractivity contribution in [1.29, 1.82) is 0 Å². The Bertz CT molecular complexity index is 644. The minimum Gasteiger partial charge on any atom is -0.493 e. The second-order valence-electron chi connectivity index (χ2n) is 5.38. The van der Waals surface area contributed by atoms with E-state index in [1.807, 2.05) is 30.3 Å². The van der Waals surface area contributed by atoms with Gasteiger partial charge in [0.15, 0.2) is 0 Å². The van der Waals surface area contributed by atoms with Crippen LogP contribution >= 0.6 is 0 Å². The molecule has 0 aliphatic heterocycles. The number of carbonyl (C=O) groups excluding carboxylic acids is 1. The predicted molar refractivity (Wildman–Crippen MR) is 87.5 cm³/mol. The zero-order chi connectivity index (χ0) is 16.7. The fraction of sp³-hybridized carbons (Fsp3) is 0.278. The highest BCUT2D eigenvalue weighted by molar-refractivity contribution is 5.79. The standard InChI is InChI=1S/C18H21FN2O2/c1-13(18(20)22)21-12-15-5-7-17(8-6-15)23-10-9-14-3-2-4-16(19)11-14/h2-8,11,13,21H,9-10,12H2,1H3,(H2,20,22). The minimum atomic E-state index is -0.373. The molecule has 2 aromatic rings. The second kappa shape index (κ2) is 8.29. The lowest BCUT2D eigenvalue weighted by atomic mass is 10.1. The summed E-state index contributed by atoms with van der Waals surface area (Å²) in [6.07, 6.45) is 0.650. The zero-order valence-corrected chi connectivity index (χ0v) is 13.1. The van der Waals surface area contributed by atoms with E-state index in [9.17, 15) is 9.18 Å². The number of nitrogens with one attached hydrogen (secondary N) is 1. The molecule has 0 heterocycles. The molecule has 4 nitrogen and oxygen atoms in total. The number of ether oxygens (including phenoxy) is 1. The fourth-order valence-corrected chi connectivity index (χ4v) is 2.05. The molecule has 0 radical (unpaired) electrons. The van der Waals surface area contributed by atoms with Crippen LogP contribution in [-0.2, 0) is 17.8 Å². The summed E-state index contributed by atoms with van der Waals surface area (Å²) in [5.41, 5.74) is 7.14. The van der Waals surface area contributed by atoms with Crippen LogP contribution in [-0.4, -0.2) is 18.6 Å². The topological polar surface area (TPSA) is 64.3 Å². The highest BCUT2D eigenvalue weighted by atomic mass is 19.1. The number of hydrogen-bond acceptors (Lipinski definition) is 3. The first-order valence-corrected chi connectivity index (χ1v) is 7.53. The molecule has 3 N–H and O–H groups in total. The number of carbonyl (C=O) groups is 1. The summed E-state index contributed by atoms with van der Waals surface area (Å²) in [4.78, 5) is 10.9. The van der Waals surface area contributed by atoms with Crippen molar-refractivity contribution in [2.45, 2.75) is 25.9 Å². The molecule has 1 atom stereocenters. The van der Waals surface area contributed by atoms with Crippen molar-refractivity contribution in [3.63, 3.8) is 0 Å². The quantitative estimate of drug-likeness (QED) is 0.786. The molecule has 1 amide bonds. The van der Waals surface area contributed by atoms with Crippen LogP contribution in [0.25, 0.3) is 0 Å². The summed E-state index contributed by atoms with van der Waals surface area (Å²) in [7, 11) is 0. The maximum Gasteiger partial charge on any atom is 0.234 e. The van der Waals surface area contributed by atoms with Gasteiger partial charge in [0.25, 0.3) is 0 Å². The van der Waals surface area contributed by atoms with Gasteiger partial charge < -0.3 is 15.8 Å². The SMILES string of the molecule is CC(NCc1ccc(OCCc2cccc(F)c2)cc1)C(N)=O. The van der Waals surface area contributed by atoms with E-state index in [0.717, 1.165) is 16.9 Å². The summed E-state index contributed by atoms with van der Waals surface area (Å²) in [5, 5.41) is 3.04. The summed E-state index contributed by atoms with van der Waals surface area (Å²) in [5.74, 6) is 0.153. The van der Waals surface area contributed by atoms with Crippen molar-refractivity contribution in [1.82, 2.24) is 5.32 Å². The number of halogens is 1. The van der Waals surface area contributed by atoms with Crippen LogP contribution in [0.3, 0.4) is 0 Å².